The molecule has 1 heterocycles. The van der Waals surface area contributed by atoms with Crippen LogP contribution in [-0.4, -0.2) is 36.5 Å². The van der Waals surface area contributed by atoms with Gasteiger partial charge in [0.25, 0.3) is 5.91 Å². The average Bonchev–Trinajstić information content (AvgIpc) is 2.71. The van der Waals surface area contributed by atoms with Gasteiger partial charge in [-0.3, -0.25) is 14.8 Å². The van der Waals surface area contributed by atoms with Gasteiger partial charge in [-0.15, -0.1) is 0 Å². The maximum absolute atomic E-state index is 12.3. The number of guanidine groups is 1. The summed E-state index contributed by atoms with van der Waals surface area (Å²) < 4.78 is 0. The second-order valence-corrected chi connectivity index (χ2v) is 6.41. The van der Waals surface area contributed by atoms with E-state index in [1.54, 1.807) is 13.2 Å². The molecule has 1 atom stereocenters. The number of nitrogens with one attached hydrogen (secondary N) is 3. The zero-order valence-electron chi connectivity index (χ0n) is 16.3. The molecule has 3 N–H and O–H groups in total. The molecule has 0 radical (unpaired) electrons. The lowest BCUT2D eigenvalue weighted by atomic mass is 10.1. The molecule has 0 aliphatic heterocycles. The highest BCUT2D eigenvalue weighted by Gasteiger charge is 2.09. The number of carbonyl (C=O) groups excluding carboxylic acids is 1. The van der Waals surface area contributed by atoms with Crippen molar-refractivity contribution in [2.24, 2.45) is 4.99 Å². The topological polar surface area (TPSA) is 78.4 Å². The van der Waals surface area contributed by atoms with E-state index in [0.29, 0.717) is 12.1 Å². The van der Waals surface area contributed by atoms with Crippen molar-refractivity contribution in [3.8, 4) is 0 Å². The summed E-state index contributed by atoms with van der Waals surface area (Å²) in [7, 11) is 1.74. The van der Waals surface area contributed by atoms with E-state index < -0.39 is 0 Å². The molecule has 0 saturated heterocycles. The van der Waals surface area contributed by atoms with Crippen molar-refractivity contribution in [2.45, 2.75) is 39.3 Å². The fraction of sp³-hybridized carbons (Fsp3) is 0.381. The largest absolute Gasteiger partial charge is 0.356 e. The minimum absolute atomic E-state index is 0.0379. The molecule has 0 bridgehead atoms. The fourth-order valence-corrected chi connectivity index (χ4v) is 2.49. The van der Waals surface area contributed by atoms with Crippen LogP contribution in [-0.2, 0) is 13.0 Å². The zero-order valence-corrected chi connectivity index (χ0v) is 16.3. The van der Waals surface area contributed by atoms with Crippen LogP contribution < -0.4 is 16.0 Å². The number of aliphatic imine (C=N–C) groups is 1. The van der Waals surface area contributed by atoms with Crippen LogP contribution >= 0.6 is 0 Å². The van der Waals surface area contributed by atoms with Crippen LogP contribution in [0.4, 0.5) is 0 Å². The second-order valence-electron chi connectivity index (χ2n) is 6.41. The van der Waals surface area contributed by atoms with Gasteiger partial charge < -0.3 is 16.0 Å². The van der Waals surface area contributed by atoms with Gasteiger partial charge in [-0.1, -0.05) is 25.1 Å². The molecule has 2 rings (SSSR count). The van der Waals surface area contributed by atoms with Crippen LogP contribution in [0.3, 0.4) is 0 Å². The molecule has 144 valence electrons. The molecule has 27 heavy (non-hydrogen) atoms. The Labute approximate surface area is 161 Å². The minimum atomic E-state index is -0.0379. The first kappa shape index (κ1) is 20.4. The number of amides is 1. The van der Waals surface area contributed by atoms with Crippen molar-refractivity contribution in [2.75, 3.05) is 13.6 Å². The van der Waals surface area contributed by atoms with Gasteiger partial charge >= 0.3 is 0 Å². The first-order valence-electron chi connectivity index (χ1n) is 9.36. The quantitative estimate of drug-likeness (QED) is 0.495. The van der Waals surface area contributed by atoms with Crippen LogP contribution in [0.5, 0.6) is 0 Å². The van der Waals surface area contributed by atoms with Gasteiger partial charge in [-0.2, -0.15) is 0 Å². The predicted molar refractivity (Wildman–Crippen MR) is 110 cm³/mol. The average molecular weight is 367 g/mol. The van der Waals surface area contributed by atoms with Crippen molar-refractivity contribution in [3.63, 3.8) is 0 Å². The SMILES string of the molecule is CCC(C)NC(=O)c1cccc(CNC(=NC)NCCc2ccccn2)c1. The van der Waals surface area contributed by atoms with Gasteiger partial charge in [0.1, 0.15) is 0 Å². The van der Waals surface area contributed by atoms with E-state index in [0.717, 1.165) is 36.6 Å². The Morgan fingerprint density at radius 1 is 1.19 bits per heavy atom. The predicted octanol–water partition coefficient (Wildman–Crippen LogP) is 2.52. The summed E-state index contributed by atoms with van der Waals surface area (Å²) in [6.07, 6.45) is 3.53. The number of nitrogens with zero attached hydrogens (tertiary/aromatic N) is 2. The maximum atomic E-state index is 12.3. The molecule has 6 heteroatoms. The van der Waals surface area contributed by atoms with E-state index in [1.165, 1.54) is 0 Å². The number of hydrogen-bond acceptors (Lipinski definition) is 3. The van der Waals surface area contributed by atoms with Crippen molar-refractivity contribution in [3.05, 3.63) is 65.5 Å². The normalized spacial score (nSPS) is 12.3. The van der Waals surface area contributed by atoms with Crippen LogP contribution in [0.15, 0.2) is 53.7 Å². The third kappa shape index (κ3) is 7.09. The summed E-state index contributed by atoms with van der Waals surface area (Å²) in [5.74, 6) is 0.685. The number of pyridine rings is 1. The lowest BCUT2D eigenvalue weighted by molar-refractivity contribution is 0.0939. The molecule has 0 saturated carbocycles. The van der Waals surface area contributed by atoms with E-state index in [4.69, 9.17) is 0 Å². The number of rotatable bonds is 8. The van der Waals surface area contributed by atoms with Gasteiger partial charge in [-0.05, 0) is 43.2 Å². The van der Waals surface area contributed by atoms with Gasteiger partial charge in [0, 0.05) is 50.1 Å². The monoisotopic (exact) mass is 367 g/mol. The number of carbonyl (C=O) groups is 1. The summed E-state index contributed by atoms with van der Waals surface area (Å²) in [5, 5.41) is 9.55. The van der Waals surface area contributed by atoms with E-state index >= 15 is 0 Å². The second kappa shape index (κ2) is 11.0. The Morgan fingerprint density at radius 2 is 2.04 bits per heavy atom. The van der Waals surface area contributed by atoms with E-state index in [1.807, 2.05) is 49.4 Å². The lowest BCUT2D eigenvalue weighted by Crippen LogP contribution is -2.38. The molecule has 0 aliphatic carbocycles. The highest BCUT2D eigenvalue weighted by atomic mass is 16.1. The lowest BCUT2D eigenvalue weighted by Gasteiger charge is -2.14. The highest BCUT2D eigenvalue weighted by Crippen LogP contribution is 2.06. The smallest absolute Gasteiger partial charge is 0.251 e. The first-order chi connectivity index (χ1) is 13.1. The molecule has 1 aromatic heterocycles. The number of benzene rings is 1. The molecular weight excluding hydrogens is 338 g/mol. The van der Waals surface area contributed by atoms with Gasteiger partial charge in [0.05, 0.1) is 0 Å². The number of hydrogen-bond donors (Lipinski definition) is 3. The fourth-order valence-electron chi connectivity index (χ4n) is 2.49. The van der Waals surface area contributed by atoms with Crippen molar-refractivity contribution >= 4 is 11.9 Å². The van der Waals surface area contributed by atoms with Crippen molar-refractivity contribution < 1.29 is 4.79 Å². The molecule has 0 fully saturated rings. The Bertz CT molecular complexity index is 745. The summed E-state index contributed by atoms with van der Waals surface area (Å²) in [5.41, 5.74) is 2.74. The van der Waals surface area contributed by atoms with Crippen LogP contribution in [0.25, 0.3) is 0 Å². The Kier molecular flexibility index (Phi) is 8.29. The zero-order chi connectivity index (χ0) is 19.5. The standard InChI is InChI=1S/C21H29N5O/c1-4-16(2)26-20(27)18-9-7-8-17(14-18)15-25-21(22-3)24-13-11-19-10-5-6-12-23-19/h5-10,12,14,16H,4,11,13,15H2,1-3H3,(H,26,27)(H2,22,24,25). The maximum Gasteiger partial charge on any atom is 0.251 e. The summed E-state index contributed by atoms with van der Waals surface area (Å²) >= 11 is 0. The van der Waals surface area contributed by atoms with Gasteiger partial charge in [-0.25, -0.2) is 0 Å². The molecule has 1 unspecified atom stereocenters. The van der Waals surface area contributed by atoms with Crippen LogP contribution in [0.1, 0.15) is 41.9 Å². The first-order valence-corrected chi connectivity index (χ1v) is 9.36. The highest BCUT2D eigenvalue weighted by molar-refractivity contribution is 5.94. The third-order valence-electron chi connectivity index (χ3n) is 4.26. The molecule has 1 aromatic carbocycles. The third-order valence-corrected chi connectivity index (χ3v) is 4.26. The van der Waals surface area contributed by atoms with E-state index in [2.05, 4.69) is 32.9 Å². The summed E-state index contributed by atoms with van der Waals surface area (Å²) in [4.78, 5) is 20.8. The molecule has 0 spiro atoms. The molecule has 2 aromatic rings. The van der Waals surface area contributed by atoms with Crippen LogP contribution in [0.2, 0.25) is 0 Å². The molecular formula is C21H29N5O. The molecule has 0 aliphatic rings. The van der Waals surface area contributed by atoms with E-state index in [-0.39, 0.29) is 11.9 Å². The Hall–Kier alpha value is -2.89. The summed E-state index contributed by atoms with van der Waals surface area (Å²) in [6.45, 7) is 5.39. The van der Waals surface area contributed by atoms with Crippen molar-refractivity contribution in [1.29, 1.82) is 0 Å². The minimum Gasteiger partial charge on any atom is -0.356 e. The van der Waals surface area contributed by atoms with Gasteiger partial charge in [0.15, 0.2) is 5.96 Å². The van der Waals surface area contributed by atoms with Crippen LogP contribution in [0, 0.1) is 0 Å². The van der Waals surface area contributed by atoms with Crippen molar-refractivity contribution in [1.82, 2.24) is 20.9 Å². The van der Waals surface area contributed by atoms with E-state index in [9.17, 15) is 4.79 Å². The molecule has 6 nitrogen and oxygen atoms in total. The Morgan fingerprint density at radius 3 is 2.74 bits per heavy atom. The summed E-state index contributed by atoms with van der Waals surface area (Å²) in [6, 6.07) is 13.7. The molecule has 1 amide bonds. The Balaban J connectivity index is 1.83. The number of aromatic nitrogens is 1. The van der Waals surface area contributed by atoms with Gasteiger partial charge in [0.2, 0.25) is 0 Å².